The maximum atomic E-state index is 3.78. The topological polar surface area (TPSA) is 12.9 Å². The molecule has 2 aromatic heterocycles. The van der Waals surface area contributed by atoms with E-state index in [-0.39, 0.29) is 0 Å². The van der Waals surface area contributed by atoms with Gasteiger partial charge in [0.05, 0.1) is 0 Å². The van der Waals surface area contributed by atoms with Crippen LogP contribution in [0.25, 0.3) is 21.9 Å². The van der Waals surface area contributed by atoms with Crippen LogP contribution in [0.4, 0.5) is 0 Å². The Kier molecular flexibility index (Phi) is 80.1. The van der Waals surface area contributed by atoms with Gasteiger partial charge >= 0.3 is 0 Å². The average molecular weight is 836 g/mol. The molecule has 0 aliphatic heterocycles. The minimum atomic E-state index is 1.10. The molecule has 60 heavy (non-hydrogen) atoms. The van der Waals surface area contributed by atoms with E-state index in [4.69, 9.17) is 0 Å². The second-order valence-corrected chi connectivity index (χ2v) is 9.63. The molecule has 1 nitrogen and oxygen atoms in total. The van der Waals surface area contributed by atoms with Gasteiger partial charge in [-0.3, -0.25) is 4.98 Å². The summed E-state index contributed by atoms with van der Waals surface area (Å²) in [5, 5.41) is 6.70. The molecule has 2 heterocycles. The molecule has 0 fully saturated rings. The molecule has 0 atom stereocenters. The molecule has 0 N–H and O–H groups in total. The first-order chi connectivity index (χ1) is 29.9. The standard InChI is InChI=1S/C13H10.C10H8.C6H6.C5H5N.C4H4S.10C2H6/c1-3-7-12-10(5-1)9-11-6-2-4-8-13(11)12;1-2-6-10-8-4-3-7-9(10)5-1;2*1-2-4-6-5-3-1;1-2-4-5-3-1;10*1-2/h1-8H,9H2;1-8H;1-6H;1-5H;1-4H;10*1-2H3. The maximum absolute atomic E-state index is 3.78. The molecule has 0 saturated carbocycles. The molecule has 7 aromatic rings. The van der Waals surface area contributed by atoms with Crippen molar-refractivity contribution in [3.8, 4) is 11.1 Å². The van der Waals surface area contributed by atoms with Gasteiger partial charge in [0, 0.05) is 12.4 Å². The lowest BCUT2D eigenvalue weighted by Gasteiger charge is -1.98. The smallest absolute Gasteiger partial charge is 0.0267 e. The zero-order valence-electron chi connectivity index (χ0n) is 42.5. The van der Waals surface area contributed by atoms with E-state index in [0.29, 0.717) is 0 Å². The number of hydrogen-bond acceptors (Lipinski definition) is 2. The van der Waals surface area contributed by atoms with Crippen LogP contribution in [0.2, 0.25) is 0 Å². The van der Waals surface area contributed by atoms with E-state index in [1.165, 1.54) is 33.0 Å². The van der Waals surface area contributed by atoms with Crippen LogP contribution in [0.3, 0.4) is 0 Å². The molecule has 1 aliphatic rings. The zero-order chi connectivity index (χ0) is 47.5. The van der Waals surface area contributed by atoms with Crippen molar-refractivity contribution in [2.75, 3.05) is 0 Å². The summed E-state index contributed by atoms with van der Waals surface area (Å²) in [5.41, 5.74) is 5.75. The van der Waals surface area contributed by atoms with Crippen LogP contribution in [0, 0.1) is 0 Å². The summed E-state index contributed by atoms with van der Waals surface area (Å²) >= 11 is 1.71. The van der Waals surface area contributed by atoms with Crippen molar-refractivity contribution in [3.05, 3.63) is 198 Å². The molecule has 0 saturated heterocycles. The van der Waals surface area contributed by atoms with Crippen LogP contribution in [0.15, 0.2) is 187 Å². The highest BCUT2D eigenvalue weighted by Gasteiger charge is 2.15. The summed E-state index contributed by atoms with van der Waals surface area (Å²) in [6, 6.07) is 55.8. The second-order valence-electron chi connectivity index (χ2n) is 8.81. The predicted molar refractivity (Wildman–Crippen MR) is 287 cm³/mol. The first-order valence-corrected chi connectivity index (χ1v) is 24.3. The van der Waals surface area contributed by atoms with Crippen LogP contribution < -0.4 is 0 Å². The molecule has 0 spiro atoms. The monoisotopic (exact) mass is 836 g/mol. The molecule has 0 radical (unpaired) electrons. The molecule has 0 bridgehead atoms. The minimum Gasteiger partial charge on any atom is -0.265 e. The van der Waals surface area contributed by atoms with Gasteiger partial charge in [-0.1, -0.05) is 290 Å². The Morgan fingerprint density at radius 3 is 0.750 bits per heavy atom. The molecule has 8 rings (SSSR count). The minimum absolute atomic E-state index is 1.10. The Morgan fingerprint density at radius 2 is 0.533 bits per heavy atom. The SMILES string of the molecule is CC.CC.CC.CC.CC.CC.CC.CC.CC.CC.c1ccc2c(c1)Cc1ccccc1-2.c1ccc2ccccc2c1.c1ccccc1.c1ccncc1.c1ccsc1. The third-order valence-electron chi connectivity index (χ3n) is 6.02. The van der Waals surface area contributed by atoms with Gasteiger partial charge in [-0.2, -0.15) is 11.3 Å². The molecule has 0 amide bonds. The van der Waals surface area contributed by atoms with Gasteiger partial charge in [-0.05, 0) is 62.3 Å². The number of benzene rings is 5. The van der Waals surface area contributed by atoms with Crippen LogP contribution in [-0.4, -0.2) is 4.98 Å². The number of hydrogen-bond donors (Lipinski definition) is 0. The van der Waals surface area contributed by atoms with Crippen molar-refractivity contribution in [1.82, 2.24) is 4.98 Å². The lowest BCUT2D eigenvalue weighted by atomic mass is 10.1. The number of nitrogens with zero attached hydrogens (tertiary/aromatic N) is 1. The Balaban J connectivity index is -0.000000109. The number of pyridine rings is 1. The van der Waals surface area contributed by atoms with Gasteiger partial charge in [0.2, 0.25) is 0 Å². The van der Waals surface area contributed by atoms with E-state index in [0.717, 1.165) is 6.42 Å². The molecule has 336 valence electrons. The fourth-order valence-corrected chi connectivity index (χ4v) is 4.59. The van der Waals surface area contributed by atoms with Crippen LogP contribution in [-0.2, 0) is 6.42 Å². The van der Waals surface area contributed by atoms with Gasteiger partial charge in [-0.25, -0.2) is 0 Å². The normalized spacial score (nSPS) is 7.60. The molecule has 5 aromatic carbocycles. The molecule has 0 unspecified atom stereocenters. The van der Waals surface area contributed by atoms with Crippen molar-refractivity contribution in [3.63, 3.8) is 0 Å². The fraction of sp³-hybridized carbons (Fsp3) is 0.362. The van der Waals surface area contributed by atoms with E-state index in [9.17, 15) is 0 Å². The summed E-state index contributed by atoms with van der Waals surface area (Å²) in [6.07, 6.45) is 4.60. The first kappa shape index (κ1) is 69.8. The summed E-state index contributed by atoms with van der Waals surface area (Å²) < 4.78 is 0. The van der Waals surface area contributed by atoms with Gasteiger partial charge in [0.25, 0.3) is 0 Å². The van der Waals surface area contributed by atoms with E-state index < -0.39 is 0 Å². The van der Waals surface area contributed by atoms with E-state index >= 15 is 0 Å². The third-order valence-corrected chi connectivity index (χ3v) is 6.65. The van der Waals surface area contributed by atoms with E-state index in [1.54, 1.807) is 23.7 Å². The molecule has 2 heteroatoms. The van der Waals surface area contributed by atoms with Crippen molar-refractivity contribution >= 4 is 22.1 Å². The summed E-state index contributed by atoms with van der Waals surface area (Å²) in [4.78, 5) is 3.78. The molecular weight excluding hydrogens is 743 g/mol. The van der Waals surface area contributed by atoms with Crippen molar-refractivity contribution < 1.29 is 0 Å². The summed E-state index contributed by atoms with van der Waals surface area (Å²) in [6.45, 7) is 40.0. The second kappa shape index (κ2) is 68.9. The van der Waals surface area contributed by atoms with Gasteiger partial charge in [0.1, 0.15) is 0 Å². The van der Waals surface area contributed by atoms with Gasteiger partial charge in [-0.15, -0.1) is 0 Å². The highest BCUT2D eigenvalue weighted by atomic mass is 32.1. The average Bonchev–Trinajstić information content (AvgIpc) is 4.13. The Labute approximate surface area is 379 Å². The quantitative estimate of drug-likeness (QED) is 0.148. The fourth-order valence-electron chi connectivity index (χ4n) is 4.14. The summed E-state index contributed by atoms with van der Waals surface area (Å²) in [7, 11) is 0. The molecular formula is C58H93NS. The Bertz CT molecular complexity index is 1400. The Morgan fingerprint density at radius 1 is 0.283 bits per heavy atom. The predicted octanol–water partition coefficient (Wildman–Crippen LogP) is 20.9. The lowest BCUT2D eigenvalue weighted by molar-refractivity contribution is 1.26. The van der Waals surface area contributed by atoms with Crippen molar-refractivity contribution in [2.45, 2.75) is 145 Å². The van der Waals surface area contributed by atoms with Crippen molar-refractivity contribution in [1.29, 1.82) is 0 Å². The van der Waals surface area contributed by atoms with Crippen molar-refractivity contribution in [2.24, 2.45) is 0 Å². The van der Waals surface area contributed by atoms with Crippen LogP contribution in [0.5, 0.6) is 0 Å². The largest absolute Gasteiger partial charge is 0.265 e. The number of rotatable bonds is 0. The number of aromatic nitrogens is 1. The zero-order valence-corrected chi connectivity index (χ0v) is 43.3. The number of thiophene rings is 1. The van der Waals surface area contributed by atoms with E-state index in [2.05, 4.69) is 102 Å². The number of fused-ring (bicyclic) bond motifs is 4. The summed E-state index contributed by atoms with van der Waals surface area (Å²) in [5.74, 6) is 0. The van der Waals surface area contributed by atoms with Crippen LogP contribution >= 0.6 is 11.3 Å². The Hall–Kier alpha value is -4.79. The lowest BCUT2D eigenvalue weighted by Crippen LogP contribution is -1.77. The first-order valence-electron chi connectivity index (χ1n) is 23.3. The van der Waals surface area contributed by atoms with Gasteiger partial charge in [0.15, 0.2) is 0 Å². The van der Waals surface area contributed by atoms with Gasteiger partial charge < -0.3 is 0 Å². The maximum Gasteiger partial charge on any atom is 0.0267 e. The van der Waals surface area contributed by atoms with Crippen LogP contribution in [0.1, 0.15) is 150 Å². The molecule has 1 aliphatic carbocycles. The van der Waals surface area contributed by atoms with E-state index in [1.807, 2.05) is 216 Å². The highest BCUT2D eigenvalue weighted by molar-refractivity contribution is 7.07. The highest BCUT2D eigenvalue weighted by Crippen LogP contribution is 2.35. The third kappa shape index (κ3) is 40.0.